The Morgan fingerprint density at radius 3 is 2.81 bits per heavy atom. The van der Waals surface area contributed by atoms with Crippen LogP contribution < -0.4 is 16.0 Å². The molecule has 1 heterocycles. The fourth-order valence-corrected chi connectivity index (χ4v) is 2.60. The van der Waals surface area contributed by atoms with Crippen molar-refractivity contribution in [3.05, 3.63) is 28.8 Å². The van der Waals surface area contributed by atoms with Gasteiger partial charge in [0, 0.05) is 12.6 Å². The molecule has 2 unspecified atom stereocenters. The van der Waals surface area contributed by atoms with Crippen LogP contribution in [-0.4, -0.2) is 31.4 Å². The molecule has 0 saturated carbocycles. The van der Waals surface area contributed by atoms with Gasteiger partial charge in [0.15, 0.2) is 0 Å². The summed E-state index contributed by atoms with van der Waals surface area (Å²) in [5.74, 6) is 0.193. The Hall–Kier alpha value is -1.59. The van der Waals surface area contributed by atoms with Crippen molar-refractivity contribution in [3.63, 3.8) is 0 Å². The van der Waals surface area contributed by atoms with Crippen molar-refractivity contribution in [1.82, 2.24) is 10.6 Å². The van der Waals surface area contributed by atoms with Crippen molar-refractivity contribution >= 4 is 29.1 Å². The van der Waals surface area contributed by atoms with Gasteiger partial charge in [-0.05, 0) is 43.5 Å². The van der Waals surface area contributed by atoms with Gasteiger partial charge in [-0.15, -0.1) is 0 Å². The standard InChI is InChI=1S/C15H20ClN3O2/c1-9-5-6-18-13(7-9)15(21)19-12-8-10(14(20)17-2)3-4-11(12)16/h3-4,8-9,13,18H,5-7H2,1-2H3,(H,17,20)(H,19,21). The second kappa shape index (κ2) is 6.91. The molecule has 1 aromatic rings. The molecular formula is C15H20ClN3O2. The van der Waals surface area contributed by atoms with Gasteiger partial charge in [0.1, 0.15) is 0 Å². The van der Waals surface area contributed by atoms with E-state index >= 15 is 0 Å². The van der Waals surface area contributed by atoms with E-state index in [2.05, 4.69) is 22.9 Å². The first-order valence-corrected chi connectivity index (χ1v) is 7.45. The first kappa shape index (κ1) is 15.8. The highest BCUT2D eigenvalue weighted by atomic mass is 35.5. The molecule has 0 aliphatic carbocycles. The number of piperidine rings is 1. The van der Waals surface area contributed by atoms with Crippen LogP contribution >= 0.6 is 11.6 Å². The van der Waals surface area contributed by atoms with Gasteiger partial charge in [0.25, 0.3) is 5.91 Å². The second-order valence-corrected chi connectivity index (χ2v) is 5.81. The monoisotopic (exact) mass is 309 g/mol. The summed E-state index contributed by atoms with van der Waals surface area (Å²) in [6.45, 7) is 2.98. The van der Waals surface area contributed by atoms with Crippen molar-refractivity contribution in [2.24, 2.45) is 5.92 Å². The summed E-state index contributed by atoms with van der Waals surface area (Å²) >= 11 is 6.09. The topological polar surface area (TPSA) is 70.2 Å². The summed E-state index contributed by atoms with van der Waals surface area (Å²) in [6, 6.07) is 4.61. The number of carbonyl (C=O) groups excluding carboxylic acids is 2. The van der Waals surface area contributed by atoms with Gasteiger partial charge in [-0.25, -0.2) is 0 Å². The first-order chi connectivity index (χ1) is 10.0. The largest absolute Gasteiger partial charge is 0.355 e. The molecule has 0 aromatic heterocycles. The lowest BCUT2D eigenvalue weighted by molar-refractivity contribution is -0.119. The maximum atomic E-state index is 12.3. The molecule has 1 aliphatic heterocycles. The van der Waals surface area contributed by atoms with Crippen molar-refractivity contribution in [2.45, 2.75) is 25.8 Å². The summed E-state index contributed by atoms with van der Waals surface area (Å²) in [6.07, 6.45) is 1.88. The van der Waals surface area contributed by atoms with Crippen molar-refractivity contribution in [3.8, 4) is 0 Å². The molecule has 2 rings (SSSR count). The Morgan fingerprint density at radius 1 is 1.38 bits per heavy atom. The molecule has 1 aliphatic rings. The van der Waals surface area contributed by atoms with Crippen molar-refractivity contribution in [2.75, 3.05) is 18.9 Å². The zero-order valence-electron chi connectivity index (χ0n) is 12.2. The summed E-state index contributed by atoms with van der Waals surface area (Å²) in [7, 11) is 1.56. The average molecular weight is 310 g/mol. The molecule has 2 amide bonds. The third-order valence-corrected chi connectivity index (χ3v) is 4.03. The first-order valence-electron chi connectivity index (χ1n) is 7.07. The molecule has 5 nitrogen and oxygen atoms in total. The number of anilines is 1. The van der Waals surface area contributed by atoms with E-state index in [-0.39, 0.29) is 17.9 Å². The lowest BCUT2D eigenvalue weighted by atomic mass is 9.94. The molecule has 0 bridgehead atoms. The number of rotatable bonds is 3. The quantitative estimate of drug-likeness (QED) is 0.800. The molecule has 1 aromatic carbocycles. The SMILES string of the molecule is CNC(=O)c1ccc(Cl)c(NC(=O)C2CC(C)CCN2)c1. The second-order valence-electron chi connectivity index (χ2n) is 5.40. The highest BCUT2D eigenvalue weighted by Crippen LogP contribution is 2.24. The molecule has 114 valence electrons. The van der Waals surface area contributed by atoms with Crippen LogP contribution in [0.25, 0.3) is 0 Å². The zero-order chi connectivity index (χ0) is 15.4. The number of halogens is 1. The molecule has 1 saturated heterocycles. The van der Waals surface area contributed by atoms with E-state index in [1.165, 1.54) is 0 Å². The summed E-state index contributed by atoms with van der Waals surface area (Å²) in [5.41, 5.74) is 0.921. The van der Waals surface area contributed by atoms with E-state index in [0.717, 1.165) is 19.4 Å². The molecule has 6 heteroatoms. The van der Waals surface area contributed by atoms with Gasteiger partial charge in [0.05, 0.1) is 16.8 Å². The fourth-order valence-electron chi connectivity index (χ4n) is 2.43. The van der Waals surface area contributed by atoms with Crippen LogP contribution in [0.15, 0.2) is 18.2 Å². The minimum atomic E-state index is -0.216. The van der Waals surface area contributed by atoms with Crippen LogP contribution in [0, 0.1) is 5.92 Å². The summed E-state index contributed by atoms with van der Waals surface area (Å²) in [4.78, 5) is 23.9. The van der Waals surface area contributed by atoms with Gasteiger partial charge >= 0.3 is 0 Å². The Labute approximate surface area is 129 Å². The Bertz CT molecular complexity index is 548. The van der Waals surface area contributed by atoms with E-state index in [9.17, 15) is 9.59 Å². The maximum Gasteiger partial charge on any atom is 0.251 e. The lowest BCUT2D eigenvalue weighted by Crippen LogP contribution is -2.45. The van der Waals surface area contributed by atoms with Gasteiger partial charge < -0.3 is 16.0 Å². The third-order valence-electron chi connectivity index (χ3n) is 3.70. The Kier molecular flexibility index (Phi) is 5.20. The average Bonchev–Trinajstić information content (AvgIpc) is 2.48. The minimum absolute atomic E-state index is 0.113. The van der Waals surface area contributed by atoms with E-state index in [0.29, 0.717) is 22.2 Å². The van der Waals surface area contributed by atoms with Gasteiger partial charge in [-0.1, -0.05) is 18.5 Å². The van der Waals surface area contributed by atoms with Gasteiger partial charge in [0.2, 0.25) is 5.91 Å². The van der Waals surface area contributed by atoms with Crippen molar-refractivity contribution in [1.29, 1.82) is 0 Å². The summed E-state index contributed by atoms with van der Waals surface area (Å²) < 4.78 is 0. The minimum Gasteiger partial charge on any atom is -0.355 e. The van der Waals surface area contributed by atoms with E-state index < -0.39 is 0 Å². The van der Waals surface area contributed by atoms with Crippen LogP contribution in [0.1, 0.15) is 30.1 Å². The summed E-state index contributed by atoms with van der Waals surface area (Å²) in [5, 5.41) is 8.97. The normalized spacial score (nSPS) is 21.7. The Balaban J connectivity index is 2.11. The van der Waals surface area contributed by atoms with E-state index in [1.807, 2.05) is 0 Å². The van der Waals surface area contributed by atoms with Gasteiger partial charge in [-0.2, -0.15) is 0 Å². The fraction of sp³-hybridized carbons (Fsp3) is 0.467. The van der Waals surface area contributed by atoms with E-state index in [4.69, 9.17) is 11.6 Å². The lowest BCUT2D eigenvalue weighted by Gasteiger charge is -2.27. The Morgan fingerprint density at radius 2 is 2.14 bits per heavy atom. The number of amides is 2. The van der Waals surface area contributed by atoms with E-state index in [1.54, 1.807) is 25.2 Å². The molecular weight excluding hydrogens is 290 g/mol. The molecule has 1 fully saturated rings. The molecule has 0 spiro atoms. The molecule has 0 radical (unpaired) electrons. The predicted octanol–water partition coefficient (Wildman–Crippen LogP) is 2.03. The van der Waals surface area contributed by atoms with Crippen LogP contribution in [0.3, 0.4) is 0 Å². The molecule has 3 N–H and O–H groups in total. The van der Waals surface area contributed by atoms with Crippen LogP contribution in [-0.2, 0) is 4.79 Å². The van der Waals surface area contributed by atoms with Crippen LogP contribution in [0.5, 0.6) is 0 Å². The molecule has 21 heavy (non-hydrogen) atoms. The third kappa shape index (κ3) is 3.95. The zero-order valence-corrected chi connectivity index (χ0v) is 13.0. The number of hydrogen-bond donors (Lipinski definition) is 3. The smallest absolute Gasteiger partial charge is 0.251 e. The number of benzene rings is 1. The highest BCUT2D eigenvalue weighted by molar-refractivity contribution is 6.34. The van der Waals surface area contributed by atoms with Gasteiger partial charge in [-0.3, -0.25) is 9.59 Å². The number of nitrogens with one attached hydrogen (secondary N) is 3. The predicted molar refractivity (Wildman–Crippen MR) is 83.7 cm³/mol. The molecule has 2 atom stereocenters. The highest BCUT2D eigenvalue weighted by Gasteiger charge is 2.25. The van der Waals surface area contributed by atoms with Crippen LogP contribution in [0.2, 0.25) is 5.02 Å². The van der Waals surface area contributed by atoms with Crippen LogP contribution in [0.4, 0.5) is 5.69 Å². The number of hydrogen-bond acceptors (Lipinski definition) is 3. The van der Waals surface area contributed by atoms with Crippen molar-refractivity contribution < 1.29 is 9.59 Å². The maximum absolute atomic E-state index is 12.3. The number of carbonyl (C=O) groups is 2.